The Morgan fingerprint density at radius 1 is 1.10 bits per heavy atom. The van der Waals surface area contributed by atoms with Gasteiger partial charge in [0.1, 0.15) is 22.9 Å². The summed E-state index contributed by atoms with van der Waals surface area (Å²) in [7, 11) is 3.13. The van der Waals surface area contributed by atoms with Crippen LogP contribution in [0, 0.1) is 18.3 Å². The molecule has 11 nitrogen and oxygen atoms in total. The van der Waals surface area contributed by atoms with E-state index in [9.17, 15) is 29.4 Å². The van der Waals surface area contributed by atoms with Crippen molar-refractivity contribution in [3.8, 4) is 5.75 Å². The first kappa shape index (κ1) is 28.9. The predicted octanol–water partition coefficient (Wildman–Crippen LogP) is 3.31. The lowest BCUT2D eigenvalue weighted by molar-refractivity contribution is -0.148. The number of hydrogen-bond donors (Lipinski definition) is 4. The minimum Gasteiger partial charge on any atom is -0.505 e. The number of carboxylic acids is 1. The number of carboxylic acid groups (broad SMARTS) is 1. The molecular formula is C29H36N4O7. The van der Waals surface area contributed by atoms with Gasteiger partial charge in [0, 0.05) is 20.6 Å². The lowest BCUT2D eigenvalue weighted by Gasteiger charge is -2.38. The highest BCUT2D eigenvalue weighted by Gasteiger charge is 2.36. The Kier molecular flexibility index (Phi) is 8.06. The van der Waals surface area contributed by atoms with E-state index in [0.29, 0.717) is 31.2 Å². The van der Waals surface area contributed by atoms with E-state index in [1.807, 2.05) is 19.1 Å². The van der Waals surface area contributed by atoms with Crippen molar-refractivity contribution in [2.45, 2.75) is 39.7 Å². The molecule has 0 aliphatic carbocycles. The largest absolute Gasteiger partial charge is 0.505 e. The van der Waals surface area contributed by atoms with E-state index < -0.39 is 34.2 Å². The molecular weight excluding hydrogens is 516 g/mol. The number of piperidine rings is 1. The Balaban J connectivity index is 1.57. The lowest BCUT2D eigenvalue weighted by atomic mass is 9.85. The molecule has 1 unspecified atom stereocenters. The third-order valence-corrected chi connectivity index (χ3v) is 7.51. The number of benzene rings is 1. The van der Waals surface area contributed by atoms with E-state index in [1.165, 1.54) is 17.0 Å². The summed E-state index contributed by atoms with van der Waals surface area (Å²) >= 11 is 0. The third-order valence-electron chi connectivity index (χ3n) is 7.51. The number of amides is 1. The molecule has 3 aromatic rings. The second kappa shape index (κ2) is 11.2. The maximum absolute atomic E-state index is 12.7. The van der Waals surface area contributed by atoms with E-state index in [1.54, 1.807) is 34.0 Å². The summed E-state index contributed by atoms with van der Waals surface area (Å²) in [6.07, 6.45) is 1.45. The van der Waals surface area contributed by atoms with Gasteiger partial charge in [0.2, 0.25) is 0 Å². The monoisotopic (exact) mass is 552 g/mol. The Bertz CT molecular complexity index is 1470. The van der Waals surface area contributed by atoms with Crippen molar-refractivity contribution in [3.63, 3.8) is 0 Å². The normalized spacial score (nSPS) is 15.6. The maximum Gasteiger partial charge on any atom is 0.310 e. The van der Waals surface area contributed by atoms with Crippen molar-refractivity contribution in [2.24, 2.45) is 11.3 Å². The highest BCUT2D eigenvalue weighted by molar-refractivity contribution is 5.99. The summed E-state index contributed by atoms with van der Waals surface area (Å²) in [5.74, 6) is -0.198. The summed E-state index contributed by atoms with van der Waals surface area (Å²) < 4.78 is 5.93. The van der Waals surface area contributed by atoms with E-state index in [-0.39, 0.29) is 34.3 Å². The van der Waals surface area contributed by atoms with Gasteiger partial charge in [0.15, 0.2) is 5.75 Å². The summed E-state index contributed by atoms with van der Waals surface area (Å²) in [6, 6.07) is 7.83. The van der Waals surface area contributed by atoms with Gasteiger partial charge < -0.3 is 35.1 Å². The average molecular weight is 553 g/mol. The van der Waals surface area contributed by atoms with Crippen LogP contribution in [0.25, 0.3) is 0 Å². The van der Waals surface area contributed by atoms with Crippen LogP contribution in [0.15, 0.2) is 44.3 Å². The third kappa shape index (κ3) is 5.74. The number of aromatic hydroxyl groups is 1. The molecule has 4 N–H and O–H groups in total. The second-order valence-corrected chi connectivity index (χ2v) is 11.3. The van der Waals surface area contributed by atoms with Crippen LogP contribution in [0.4, 0.5) is 17.1 Å². The number of phenols is 1. The van der Waals surface area contributed by atoms with Crippen LogP contribution >= 0.6 is 0 Å². The number of carbonyl (C=O) groups is 2. The minimum atomic E-state index is -0.868. The van der Waals surface area contributed by atoms with Crippen molar-refractivity contribution in [1.82, 2.24) is 9.80 Å². The zero-order valence-corrected chi connectivity index (χ0v) is 23.4. The summed E-state index contributed by atoms with van der Waals surface area (Å²) in [6.45, 7) is 7.03. The molecule has 1 fully saturated rings. The predicted molar refractivity (Wildman–Crippen MR) is 151 cm³/mol. The van der Waals surface area contributed by atoms with Crippen LogP contribution in [-0.4, -0.2) is 65.6 Å². The highest BCUT2D eigenvalue weighted by atomic mass is 16.4. The van der Waals surface area contributed by atoms with Crippen LogP contribution < -0.4 is 21.5 Å². The summed E-state index contributed by atoms with van der Waals surface area (Å²) in [5, 5.41) is 26.3. The molecule has 1 atom stereocenters. The number of carbonyl (C=O) groups excluding carboxylic acids is 1. The fourth-order valence-electron chi connectivity index (χ4n) is 5.11. The molecule has 1 aliphatic heterocycles. The van der Waals surface area contributed by atoms with Gasteiger partial charge >= 0.3 is 5.97 Å². The first-order valence-corrected chi connectivity index (χ1v) is 13.2. The molecule has 1 aliphatic rings. The number of aliphatic carboxylic acids is 1. The number of nitrogens with one attached hydrogen (secondary N) is 2. The van der Waals surface area contributed by atoms with Gasteiger partial charge in [-0.15, -0.1) is 0 Å². The number of phenolic OH excluding ortho intramolecular Hbond substituents is 1. The number of para-hydroxylation sites is 1. The molecule has 40 heavy (non-hydrogen) atoms. The molecule has 4 rings (SSSR count). The first-order valence-electron chi connectivity index (χ1n) is 13.2. The number of hydrogen-bond acceptors (Lipinski definition) is 9. The SMILES string of the molecule is Cc1ccc(C(Nc2c(Nc3cccc(C(=O)N(C)C)c3O)c(=O)c2=O)C2CCN(CC(C)(C)C(=O)O)CC2)o1. The number of likely N-dealkylation sites (tertiary alicyclic amines) is 1. The van der Waals surface area contributed by atoms with Gasteiger partial charge in [-0.1, -0.05) is 6.07 Å². The highest BCUT2D eigenvalue weighted by Crippen LogP contribution is 2.38. The zero-order valence-electron chi connectivity index (χ0n) is 23.4. The topological polar surface area (TPSA) is 152 Å². The van der Waals surface area contributed by atoms with Crippen LogP contribution in [0.5, 0.6) is 5.75 Å². The van der Waals surface area contributed by atoms with Crippen molar-refractivity contribution in [2.75, 3.05) is 44.4 Å². The average Bonchev–Trinajstić information content (AvgIpc) is 3.34. The second-order valence-electron chi connectivity index (χ2n) is 11.3. The Labute approximate surface area is 232 Å². The molecule has 1 aromatic heterocycles. The molecule has 2 heterocycles. The number of aryl methyl sites for hydroxylation is 1. The van der Waals surface area contributed by atoms with Crippen molar-refractivity contribution in [3.05, 3.63) is 67.9 Å². The van der Waals surface area contributed by atoms with Crippen molar-refractivity contribution >= 4 is 28.9 Å². The minimum absolute atomic E-state index is 0.00340. The number of nitrogens with zero attached hydrogens (tertiary/aromatic N) is 2. The Hall–Kier alpha value is -4.12. The molecule has 0 bridgehead atoms. The van der Waals surface area contributed by atoms with Gasteiger partial charge in [-0.3, -0.25) is 19.2 Å². The molecule has 2 aromatic carbocycles. The van der Waals surface area contributed by atoms with Gasteiger partial charge in [0.05, 0.1) is 22.7 Å². The molecule has 214 valence electrons. The van der Waals surface area contributed by atoms with E-state index >= 15 is 0 Å². The smallest absolute Gasteiger partial charge is 0.310 e. The molecule has 1 amide bonds. The standard InChI is InChI=1S/C29H36N4O7/c1-16-9-10-20(40-16)21(17-11-13-33(14-12-17)15-29(2,3)28(38)39)31-23-22(25(35)26(23)36)30-19-8-6-7-18(24(19)34)27(37)32(4)5/h6-10,17,21,30-31,34H,11-15H2,1-5H3,(H,38,39). The fourth-order valence-corrected chi connectivity index (χ4v) is 5.11. The quantitative estimate of drug-likeness (QED) is 0.218. The van der Waals surface area contributed by atoms with Crippen molar-refractivity contribution in [1.29, 1.82) is 0 Å². The van der Waals surface area contributed by atoms with Gasteiger partial charge in [-0.2, -0.15) is 0 Å². The Morgan fingerprint density at radius 3 is 2.33 bits per heavy atom. The van der Waals surface area contributed by atoms with Gasteiger partial charge in [-0.25, -0.2) is 0 Å². The van der Waals surface area contributed by atoms with Crippen molar-refractivity contribution < 1.29 is 24.2 Å². The van der Waals surface area contributed by atoms with Crippen LogP contribution in [0.3, 0.4) is 0 Å². The van der Waals surface area contributed by atoms with E-state index in [0.717, 1.165) is 12.8 Å². The number of rotatable bonds is 10. The first-order chi connectivity index (χ1) is 18.8. The molecule has 0 spiro atoms. The zero-order chi connectivity index (χ0) is 29.4. The number of anilines is 3. The van der Waals surface area contributed by atoms with Crippen LogP contribution in [0.2, 0.25) is 0 Å². The summed E-state index contributed by atoms with van der Waals surface area (Å²) in [4.78, 5) is 52.8. The molecule has 11 heteroatoms. The Morgan fingerprint density at radius 2 is 1.75 bits per heavy atom. The fraction of sp³-hybridized carbons (Fsp3) is 0.448. The molecule has 0 saturated carbocycles. The maximum atomic E-state index is 12.7. The lowest BCUT2D eigenvalue weighted by Crippen LogP contribution is -2.45. The molecule has 0 radical (unpaired) electrons. The number of furan rings is 1. The summed E-state index contributed by atoms with van der Waals surface area (Å²) in [5.41, 5.74) is -2.01. The van der Waals surface area contributed by atoms with Gasteiger partial charge in [-0.05, 0) is 76.9 Å². The van der Waals surface area contributed by atoms with E-state index in [4.69, 9.17) is 4.42 Å². The van der Waals surface area contributed by atoms with Crippen LogP contribution in [0.1, 0.15) is 54.6 Å². The van der Waals surface area contributed by atoms with Gasteiger partial charge in [0.25, 0.3) is 16.8 Å². The van der Waals surface area contributed by atoms with E-state index in [2.05, 4.69) is 15.5 Å². The molecule has 1 saturated heterocycles. The van der Waals surface area contributed by atoms with Crippen LogP contribution in [-0.2, 0) is 4.79 Å².